The van der Waals surface area contributed by atoms with Crippen LogP contribution in [0.2, 0.25) is 0 Å². The average molecular weight is 1750 g/mol. The van der Waals surface area contributed by atoms with Gasteiger partial charge in [-0.05, 0) is 254 Å². The Balaban J connectivity index is 0.000000210. The van der Waals surface area contributed by atoms with Crippen molar-refractivity contribution >= 4 is 67.7 Å². The zero-order chi connectivity index (χ0) is 92.8. The molecular weight excluding hydrogens is 1610 g/mol. The number of ketones is 2. The number of Topliss-reactive ketones (excluding diaryl/α,β-unsaturated/α-hetero) is 2. The Labute approximate surface area is 764 Å². The van der Waals surface area contributed by atoms with Crippen LogP contribution in [0.3, 0.4) is 0 Å². The molecule has 3 unspecified atom stereocenters. The number of benzene rings is 11. The third-order valence-corrected chi connectivity index (χ3v) is 22.3. The standard InChI is InChI=1S/C48H54N2O6.C33H44N2O4.C29H38N2O3/c1-6-54-33(2)30-50(31-36-16-13-15-35-14-7-8-17-40(35)36)46(52)37(28-34-22-24-39(25-23-34)56-48(3,4)5)29-38(51)26-27-49-47(53)55-32-45-43-20-11-9-18-41(43)42-19-10-12-21-44(42)45;1-6-38-24(2)22-35(23-27-12-9-11-26-10-7-8-13-31(26)27)32(37)28(21-29(36)18-19-34)20-25-14-16-30(17-15-25)39-33(3,4)5;1-6-33-21(2)19-31(20-24-12-9-11-23-10-7-8-13-26(23)24)28(32)27(30)18-22-14-16-25(17-15-22)34-29(3,4)5/h7-25,33,37,45H,6,26-32H2,1-5H3,(H,49,53);7-17,24,28H,6,18-23,34H2,1-5H3;7-17,21,27H,6,18-20,30H2,1-5H3/t33?,37-;24?,28-;21?,27-/m001/s1. The lowest BCUT2D eigenvalue weighted by molar-refractivity contribution is -0.140. The fraction of sp³-hybridized carbons (Fsp3) is 0.400. The third-order valence-electron chi connectivity index (χ3n) is 22.3. The van der Waals surface area contributed by atoms with Crippen LogP contribution < -0.4 is 31.0 Å². The molecule has 1 aliphatic carbocycles. The van der Waals surface area contributed by atoms with Gasteiger partial charge in [-0.3, -0.25) is 24.0 Å². The van der Waals surface area contributed by atoms with Crippen LogP contribution in [0.4, 0.5) is 4.79 Å². The topological polar surface area (TPSA) is 241 Å². The SMILES string of the molecule is CCOC(C)CN(Cc1cccc2ccccc12)C(=O)[C@H](CC(=O)CCN)Cc1ccc(OC(C)(C)C)cc1.CCOC(C)CN(Cc1cccc2ccccc12)C(=O)[C@H](CC(=O)CCNC(=O)OCC1c2ccccc2-c2ccccc21)Cc1ccc(OC(C)(C)C)cc1.CCOC(C)CN(Cc1cccc2ccccc12)C(=O)[C@H](N)Cc1ccc(OC(C)(C)C)cc1. The summed E-state index contributed by atoms with van der Waals surface area (Å²) in [4.78, 5) is 87.2. The Bertz CT molecular complexity index is 5380. The van der Waals surface area contributed by atoms with Crippen molar-refractivity contribution in [3.63, 3.8) is 0 Å². The summed E-state index contributed by atoms with van der Waals surface area (Å²) in [5.74, 6) is 0.792. The van der Waals surface area contributed by atoms with Crippen molar-refractivity contribution in [2.24, 2.45) is 23.3 Å². The number of hydrogen-bond acceptors (Lipinski definition) is 15. The van der Waals surface area contributed by atoms with Crippen LogP contribution in [-0.2, 0) is 81.8 Å². The lowest BCUT2D eigenvalue weighted by Gasteiger charge is -2.30. The van der Waals surface area contributed by atoms with Gasteiger partial charge in [0.05, 0.1) is 24.4 Å². The summed E-state index contributed by atoms with van der Waals surface area (Å²) in [6.07, 6.45) is 0.825. The molecule has 12 rings (SSSR count). The Kier molecular flexibility index (Phi) is 37.2. The minimum absolute atomic E-state index is 0.00602. The number of nitrogens with two attached hydrogens (primary N) is 2. The molecule has 0 heterocycles. The predicted octanol–water partition coefficient (Wildman–Crippen LogP) is 20.8. The van der Waals surface area contributed by atoms with Crippen LogP contribution in [0.25, 0.3) is 43.4 Å². The number of carbonyl (C=O) groups is 6. The quantitative estimate of drug-likeness (QED) is 0.0323. The van der Waals surface area contributed by atoms with Crippen molar-refractivity contribution in [3.8, 4) is 28.4 Å². The molecule has 11 aromatic rings. The molecule has 1 aliphatic rings. The molecule has 684 valence electrons. The van der Waals surface area contributed by atoms with E-state index in [1.165, 1.54) is 0 Å². The van der Waals surface area contributed by atoms with Crippen LogP contribution in [0, 0.1) is 11.8 Å². The smallest absolute Gasteiger partial charge is 0.407 e. The van der Waals surface area contributed by atoms with Gasteiger partial charge in [0.2, 0.25) is 17.7 Å². The summed E-state index contributed by atoms with van der Waals surface area (Å²) in [6.45, 7) is 34.8. The van der Waals surface area contributed by atoms with Crippen LogP contribution in [-0.4, -0.2) is 150 Å². The Morgan fingerprint density at radius 1 is 0.388 bits per heavy atom. The minimum atomic E-state index is -0.641. The first-order valence-electron chi connectivity index (χ1n) is 45.8. The van der Waals surface area contributed by atoms with Gasteiger partial charge in [-0.2, -0.15) is 0 Å². The summed E-state index contributed by atoms with van der Waals surface area (Å²) >= 11 is 0. The lowest BCUT2D eigenvalue weighted by atomic mass is 9.91. The first-order chi connectivity index (χ1) is 61.7. The molecule has 11 aromatic carbocycles. The molecule has 0 bridgehead atoms. The number of ether oxygens (including phenoxy) is 7. The van der Waals surface area contributed by atoms with Crippen molar-refractivity contribution in [2.45, 2.75) is 216 Å². The molecule has 0 saturated carbocycles. The van der Waals surface area contributed by atoms with E-state index < -0.39 is 24.0 Å². The van der Waals surface area contributed by atoms with E-state index in [0.717, 1.165) is 105 Å². The fourth-order valence-electron chi connectivity index (χ4n) is 16.7. The molecule has 0 fully saturated rings. The monoisotopic (exact) mass is 1750 g/mol. The highest BCUT2D eigenvalue weighted by Gasteiger charge is 2.34. The van der Waals surface area contributed by atoms with E-state index in [9.17, 15) is 28.8 Å². The summed E-state index contributed by atoms with van der Waals surface area (Å²) < 4.78 is 41.1. The van der Waals surface area contributed by atoms with Crippen molar-refractivity contribution in [1.82, 2.24) is 20.0 Å². The van der Waals surface area contributed by atoms with Crippen molar-refractivity contribution in [2.75, 3.05) is 59.2 Å². The first-order valence-corrected chi connectivity index (χ1v) is 45.8. The average Bonchev–Trinajstić information content (AvgIpc) is 1.10. The number of alkyl carbamates (subject to hydrolysis) is 1. The molecule has 129 heavy (non-hydrogen) atoms. The molecule has 0 saturated heterocycles. The fourth-order valence-corrected chi connectivity index (χ4v) is 16.7. The molecule has 6 atom stereocenters. The molecule has 0 spiro atoms. The number of amides is 4. The molecule has 0 radical (unpaired) electrons. The second-order valence-corrected chi connectivity index (χ2v) is 36.6. The number of hydrogen-bond donors (Lipinski definition) is 3. The summed E-state index contributed by atoms with van der Waals surface area (Å²) in [7, 11) is 0. The van der Waals surface area contributed by atoms with Crippen LogP contribution in [0.5, 0.6) is 17.2 Å². The van der Waals surface area contributed by atoms with Gasteiger partial charge in [0.15, 0.2) is 0 Å². The number of nitrogens with one attached hydrogen (secondary N) is 1. The zero-order valence-electron chi connectivity index (χ0n) is 78.5. The largest absolute Gasteiger partial charge is 0.488 e. The van der Waals surface area contributed by atoms with E-state index >= 15 is 0 Å². The molecular formula is C110H136N6O13. The van der Waals surface area contributed by atoms with Crippen LogP contribution in [0.1, 0.15) is 180 Å². The van der Waals surface area contributed by atoms with Gasteiger partial charge in [-0.1, -0.05) is 212 Å². The summed E-state index contributed by atoms with van der Waals surface area (Å²) in [6, 6.07) is 82.2. The predicted molar refractivity (Wildman–Crippen MR) is 519 cm³/mol. The third kappa shape index (κ3) is 31.1. The Morgan fingerprint density at radius 3 is 1.05 bits per heavy atom. The van der Waals surface area contributed by atoms with Gasteiger partial charge in [0, 0.05) is 109 Å². The molecule has 0 aromatic heterocycles. The normalized spacial score (nSPS) is 13.3. The molecule has 0 aliphatic heterocycles. The zero-order valence-corrected chi connectivity index (χ0v) is 78.5. The number of nitrogens with zero attached hydrogens (tertiary/aromatic N) is 3. The highest BCUT2D eigenvalue weighted by Crippen LogP contribution is 2.45. The molecule has 19 nitrogen and oxygen atoms in total. The van der Waals surface area contributed by atoms with Crippen LogP contribution >= 0.6 is 0 Å². The van der Waals surface area contributed by atoms with Crippen molar-refractivity contribution in [1.29, 1.82) is 0 Å². The van der Waals surface area contributed by atoms with E-state index in [1.54, 1.807) is 0 Å². The maximum atomic E-state index is 14.7. The van der Waals surface area contributed by atoms with Gasteiger partial charge in [0.1, 0.15) is 52.2 Å². The lowest BCUT2D eigenvalue weighted by Crippen LogP contribution is -2.47. The Hall–Kier alpha value is -11.6. The second kappa shape index (κ2) is 48.2. The molecule has 5 N–H and O–H groups in total. The number of rotatable bonds is 41. The number of carbonyl (C=O) groups excluding carboxylic acids is 6. The van der Waals surface area contributed by atoms with Gasteiger partial charge in [0.25, 0.3) is 0 Å². The summed E-state index contributed by atoms with van der Waals surface area (Å²) in [5, 5.41) is 9.51. The van der Waals surface area contributed by atoms with E-state index in [4.69, 9.17) is 44.6 Å². The van der Waals surface area contributed by atoms with Gasteiger partial charge >= 0.3 is 6.09 Å². The molecule has 19 heteroatoms. The van der Waals surface area contributed by atoms with E-state index in [2.05, 4.69) is 102 Å². The maximum Gasteiger partial charge on any atom is 0.407 e. The second-order valence-electron chi connectivity index (χ2n) is 36.6. The van der Waals surface area contributed by atoms with Crippen molar-refractivity contribution in [3.05, 3.63) is 293 Å². The number of fused-ring (bicyclic) bond motifs is 6. The van der Waals surface area contributed by atoms with E-state index in [0.29, 0.717) is 78.4 Å². The minimum Gasteiger partial charge on any atom is -0.488 e. The van der Waals surface area contributed by atoms with E-state index in [1.807, 2.05) is 270 Å². The summed E-state index contributed by atoms with van der Waals surface area (Å²) in [5.41, 5.74) is 21.9. The molecule has 4 amide bonds. The first kappa shape index (κ1) is 99.6. The van der Waals surface area contributed by atoms with Gasteiger partial charge in [-0.25, -0.2) is 4.79 Å². The van der Waals surface area contributed by atoms with E-state index in [-0.39, 0.29) is 116 Å². The highest BCUT2D eigenvalue weighted by molar-refractivity contribution is 5.92. The van der Waals surface area contributed by atoms with Gasteiger partial charge < -0.3 is 64.6 Å². The van der Waals surface area contributed by atoms with Crippen LogP contribution in [0.15, 0.2) is 249 Å². The maximum absolute atomic E-state index is 14.7. The van der Waals surface area contributed by atoms with Crippen molar-refractivity contribution < 1.29 is 61.9 Å². The Morgan fingerprint density at radius 2 is 0.705 bits per heavy atom. The highest BCUT2D eigenvalue weighted by atomic mass is 16.5. The van der Waals surface area contributed by atoms with Gasteiger partial charge in [-0.15, -0.1) is 0 Å².